The van der Waals surface area contributed by atoms with Crippen molar-refractivity contribution in [3.63, 3.8) is 0 Å². The van der Waals surface area contributed by atoms with Crippen LogP contribution in [0.5, 0.6) is 28.7 Å². The summed E-state index contributed by atoms with van der Waals surface area (Å²) < 4.78 is 57.1. The van der Waals surface area contributed by atoms with Crippen molar-refractivity contribution in [2.75, 3.05) is 26.3 Å². The molecule has 246 valence electrons. The minimum Gasteiger partial charge on any atom is -0.495 e. The zero-order chi connectivity index (χ0) is 33.6. The fraction of sp³-hybridized carbons (Fsp3) is 0.323. The Bertz CT molecular complexity index is 1740. The first-order valence-corrected chi connectivity index (χ1v) is 15.7. The molecule has 3 aromatic rings. The van der Waals surface area contributed by atoms with E-state index in [1.54, 1.807) is 19.9 Å². The van der Waals surface area contributed by atoms with Gasteiger partial charge in [-0.1, -0.05) is 19.4 Å². The molecule has 14 nitrogen and oxygen atoms in total. The van der Waals surface area contributed by atoms with E-state index in [0.717, 1.165) is 6.07 Å². The molecule has 0 spiro atoms. The van der Waals surface area contributed by atoms with Crippen LogP contribution in [0.4, 0.5) is 10.5 Å². The number of carbonyl (C=O) groups is 3. The van der Waals surface area contributed by atoms with Gasteiger partial charge in [-0.25, -0.2) is 22.7 Å². The van der Waals surface area contributed by atoms with Crippen LogP contribution >= 0.6 is 0 Å². The third-order valence-electron chi connectivity index (χ3n) is 6.69. The fourth-order valence-corrected chi connectivity index (χ4v) is 5.76. The van der Waals surface area contributed by atoms with Crippen molar-refractivity contribution in [3.05, 3.63) is 65.2 Å². The minimum atomic E-state index is -4.64. The first kappa shape index (κ1) is 33.7. The number of methoxy groups -OCH3 is 2. The van der Waals surface area contributed by atoms with Crippen LogP contribution < -0.4 is 39.0 Å². The topological polar surface area (TPSA) is 188 Å². The number of benzene rings is 3. The predicted octanol–water partition coefficient (Wildman–Crippen LogP) is 4.24. The fourth-order valence-electron chi connectivity index (χ4n) is 4.61. The maximum Gasteiger partial charge on any atom is 0.335 e. The van der Waals surface area contributed by atoms with Gasteiger partial charge in [0.05, 0.1) is 25.5 Å². The molecule has 4 rings (SSSR count). The van der Waals surface area contributed by atoms with E-state index >= 15 is 0 Å². The number of carboxylic acids is 1. The van der Waals surface area contributed by atoms with Crippen molar-refractivity contribution in [1.29, 1.82) is 0 Å². The molecule has 0 radical (unpaired) electrons. The smallest absolute Gasteiger partial charge is 0.335 e. The van der Waals surface area contributed by atoms with Crippen molar-refractivity contribution < 1.29 is 51.6 Å². The normalized spacial score (nSPS) is 12.7. The molecule has 0 aliphatic carbocycles. The number of rotatable bonds is 13. The summed E-state index contributed by atoms with van der Waals surface area (Å²) in [6.45, 7) is 5.40. The second kappa shape index (κ2) is 14.3. The van der Waals surface area contributed by atoms with Gasteiger partial charge < -0.3 is 39.4 Å². The maximum atomic E-state index is 13.8. The highest BCUT2D eigenvalue weighted by atomic mass is 32.2. The second-order valence-corrected chi connectivity index (χ2v) is 12.1. The molecule has 0 aromatic heterocycles. The molecular formula is C31H35N3O11S. The molecule has 1 atom stereocenters. The van der Waals surface area contributed by atoms with Crippen molar-refractivity contribution in [2.45, 2.75) is 50.7 Å². The van der Waals surface area contributed by atoms with Crippen LogP contribution in [-0.2, 0) is 21.2 Å². The zero-order valence-corrected chi connectivity index (χ0v) is 26.6. The Labute approximate surface area is 266 Å². The number of urea groups is 1. The number of amides is 3. The van der Waals surface area contributed by atoms with Gasteiger partial charge in [0.2, 0.25) is 12.9 Å². The van der Waals surface area contributed by atoms with Gasteiger partial charge in [0, 0.05) is 23.7 Å². The van der Waals surface area contributed by atoms with Crippen LogP contribution in [0.3, 0.4) is 0 Å². The summed E-state index contributed by atoms with van der Waals surface area (Å²) >= 11 is 0. The molecule has 0 bridgehead atoms. The lowest BCUT2D eigenvalue weighted by Crippen LogP contribution is -2.37. The van der Waals surface area contributed by atoms with Crippen LogP contribution in [0.15, 0.2) is 53.4 Å². The molecule has 1 unspecified atom stereocenters. The molecule has 0 saturated carbocycles. The number of ether oxygens (including phenoxy) is 5. The second-order valence-electron chi connectivity index (χ2n) is 10.4. The molecule has 46 heavy (non-hydrogen) atoms. The molecule has 15 heteroatoms. The average Bonchev–Trinajstić information content (AvgIpc) is 3.47. The van der Waals surface area contributed by atoms with Crippen LogP contribution in [0.1, 0.15) is 54.8 Å². The van der Waals surface area contributed by atoms with E-state index in [1.165, 1.54) is 50.6 Å². The van der Waals surface area contributed by atoms with E-state index in [1.807, 2.05) is 6.92 Å². The number of anilines is 1. The standard InChI is InChI=1S/C31H35N3O11S/c1-6-7-18-12-20(30(36)37)9-10-22(18)45-28(19-8-11-23-25(13-19)44-16-43-23)29(35)34-46(39,40)27-15-24(41-4)21(14-26(27)42-5)33-31(38)32-17(2)3/h8-15,17,28H,6-7,16H2,1-5H3,(H,34,35)(H,36,37)(H2,32,33,38). The molecule has 0 saturated heterocycles. The monoisotopic (exact) mass is 657 g/mol. The summed E-state index contributed by atoms with van der Waals surface area (Å²) in [5.74, 6) is -1.45. The van der Waals surface area contributed by atoms with E-state index in [2.05, 4.69) is 15.4 Å². The summed E-state index contributed by atoms with van der Waals surface area (Å²) in [5.41, 5.74) is 0.905. The molecule has 3 amide bonds. The highest BCUT2D eigenvalue weighted by Gasteiger charge is 2.32. The van der Waals surface area contributed by atoms with Gasteiger partial charge in [-0.3, -0.25) is 4.79 Å². The Morgan fingerprint density at radius 2 is 1.65 bits per heavy atom. The Balaban J connectivity index is 1.72. The Kier molecular flexibility index (Phi) is 10.5. The number of nitrogens with one attached hydrogen (secondary N) is 3. The number of hydrogen-bond acceptors (Lipinski definition) is 10. The molecule has 3 aromatic carbocycles. The SMILES string of the molecule is CCCc1cc(C(=O)O)ccc1OC(C(=O)NS(=O)(=O)c1cc(OC)c(NC(=O)NC(C)C)cc1OC)c1ccc2c(c1)OCO2. The first-order valence-electron chi connectivity index (χ1n) is 14.2. The predicted molar refractivity (Wildman–Crippen MR) is 165 cm³/mol. The molecule has 0 fully saturated rings. The number of aromatic carboxylic acids is 1. The van der Waals surface area contributed by atoms with Crippen LogP contribution in [0.25, 0.3) is 0 Å². The van der Waals surface area contributed by atoms with E-state index in [0.29, 0.717) is 29.9 Å². The number of fused-ring (bicyclic) bond motifs is 1. The Morgan fingerprint density at radius 3 is 2.30 bits per heavy atom. The van der Waals surface area contributed by atoms with Crippen molar-refractivity contribution >= 4 is 33.6 Å². The minimum absolute atomic E-state index is 0.0150. The van der Waals surface area contributed by atoms with Crippen LogP contribution in [0.2, 0.25) is 0 Å². The van der Waals surface area contributed by atoms with Gasteiger partial charge in [-0.15, -0.1) is 0 Å². The van der Waals surface area contributed by atoms with Crippen LogP contribution in [0, 0.1) is 0 Å². The molecular weight excluding hydrogens is 622 g/mol. The Morgan fingerprint density at radius 1 is 0.935 bits per heavy atom. The number of carbonyl (C=O) groups excluding carboxylic acids is 2. The lowest BCUT2D eigenvalue weighted by Gasteiger charge is -2.22. The zero-order valence-electron chi connectivity index (χ0n) is 25.8. The van der Waals surface area contributed by atoms with Gasteiger partial charge in [-0.2, -0.15) is 0 Å². The highest BCUT2D eigenvalue weighted by molar-refractivity contribution is 7.90. The van der Waals surface area contributed by atoms with Gasteiger partial charge in [-0.05, 0) is 56.2 Å². The van der Waals surface area contributed by atoms with Crippen molar-refractivity contribution in [3.8, 4) is 28.7 Å². The largest absolute Gasteiger partial charge is 0.495 e. The van der Waals surface area contributed by atoms with E-state index in [9.17, 15) is 27.9 Å². The molecule has 1 aliphatic rings. The summed E-state index contributed by atoms with van der Waals surface area (Å²) in [6, 6.07) is 10.4. The van der Waals surface area contributed by atoms with Gasteiger partial charge in [0.25, 0.3) is 15.9 Å². The highest BCUT2D eigenvalue weighted by Crippen LogP contribution is 2.38. The van der Waals surface area contributed by atoms with Gasteiger partial charge in [0.1, 0.15) is 22.1 Å². The number of aryl methyl sites for hydroxylation is 1. The number of hydrogen-bond donors (Lipinski definition) is 4. The molecule has 1 aliphatic heterocycles. The van der Waals surface area contributed by atoms with Gasteiger partial charge in [0.15, 0.2) is 11.5 Å². The van der Waals surface area contributed by atoms with Crippen LogP contribution in [-0.4, -0.2) is 58.5 Å². The third kappa shape index (κ3) is 7.72. The quantitative estimate of drug-likeness (QED) is 0.206. The average molecular weight is 658 g/mol. The third-order valence-corrected chi connectivity index (χ3v) is 8.06. The summed E-state index contributed by atoms with van der Waals surface area (Å²) in [5, 5.41) is 14.7. The lowest BCUT2D eigenvalue weighted by atomic mass is 10.0. The summed E-state index contributed by atoms with van der Waals surface area (Å²) in [4.78, 5) is 37.3. The summed E-state index contributed by atoms with van der Waals surface area (Å²) in [7, 11) is -2.12. The van der Waals surface area contributed by atoms with Crippen molar-refractivity contribution in [2.24, 2.45) is 0 Å². The van der Waals surface area contributed by atoms with E-state index in [4.69, 9.17) is 23.7 Å². The summed E-state index contributed by atoms with van der Waals surface area (Å²) in [6.07, 6.45) is -0.471. The Hall–Kier alpha value is -5.18. The first-order chi connectivity index (χ1) is 21.9. The van der Waals surface area contributed by atoms with Gasteiger partial charge >= 0.3 is 12.0 Å². The number of carboxylic acid groups (broad SMARTS) is 1. The maximum absolute atomic E-state index is 13.8. The number of sulfonamides is 1. The van der Waals surface area contributed by atoms with E-state index < -0.39 is 38.9 Å². The van der Waals surface area contributed by atoms with Crippen molar-refractivity contribution in [1.82, 2.24) is 10.0 Å². The molecule has 1 heterocycles. The van der Waals surface area contributed by atoms with E-state index in [-0.39, 0.29) is 46.9 Å². The molecule has 4 N–H and O–H groups in total. The lowest BCUT2D eigenvalue weighted by molar-refractivity contribution is -0.126.